The molecule has 0 unspecified atom stereocenters. The quantitative estimate of drug-likeness (QED) is 0.244. The summed E-state index contributed by atoms with van der Waals surface area (Å²) in [4.78, 5) is 0. The normalized spacial score (nSPS) is 16.3. The van der Waals surface area contributed by atoms with Gasteiger partial charge in [0, 0.05) is 22.3 Å². The van der Waals surface area contributed by atoms with Crippen molar-refractivity contribution in [1.82, 2.24) is 14.7 Å². The van der Waals surface area contributed by atoms with Crippen LogP contribution in [0.3, 0.4) is 0 Å². The van der Waals surface area contributed by atoms with Crippen molar-refractivity contribution in [2.75, 3.05) is 6.67 Å². The average Bonchev–Trinajstić information content (AvgIpc) is 3.58. The van der Waals surface area contributed by atoms with Crippen molar-refractivity contribution in [1.29, 1.82) is 0 Å². The number of hydrogen-bond acceptors (Lipinski definition) is 2. The minimum atomic E-state index is 0. The molecule has 2 aromatic rings. The molecule has 0 amide bonds. The molecule has 2 aromatic carbocycles. The van der Waals surface area contributed by atoms with Gasteiger partial charge in [0.05, 0.1) is 12.4 Å². The molecule has 6 heteroatoms. The van der Waals surface area contributed by atoms with Gasteiger partial charge in [-0.1, -0.05) is 96.5 Å². The van der Waals surface area contributed by atoms with Crippen molar-refractivity contribution in [2.24, 2.45) is 0 Å². The van der Waals surface area contributed by atoms with Crippen molar-refractivity contribution in [3.63, 3.8) is 0 Å². The van der Waals surface area contributed by atoms with Crippen LogP contribution in [0.1, 0.15) is 108 Å². The van der Waals surface area contributed by atoms with E-state index in [2.05, 4.69) is 153 Å². The second-order valence-electron chi connectivity index (χ2n) is 11.4. The molecule has 0 aromatic heterocycles. The van der Waals surface area contributed by atoms with E-state index in [-0.39, 0.29) is 24.8 Å². The van der Waals surface area contributed by atoms with Gasteiger partial charge < -0.3 is 0 Å². The average molecular weight is 591 g/mol. The van der Waals surface area contributed by atoms with Crippen LogP contribution in [0.4, 0.5) is 11.4 Å². The maximum absolute atomic E-state index is 2.51. The number of benzene rings is 2. The second kappa shape index (κ2) is 13.2. The molecule has 3 nitrogen and oxygen atoms in total. The number of allylic oxidation sites excluding steroid dienone is 4. The Balaban J connectivity index is 0.000000561. The predicted octanol–water partition coefficient (Wildman–Crippen LogP) is 9.93. The van der Waals surface area contributed by atoms with E-state index >= 15 is 0 Å². The summed E-state index contributed by atoms with van der Waals surface area (Å²) in [5, 5.41) is 5.03. The number of hydrogen-bond donors (Lipinski definition) is 0. The zero-order chi connectivity index (χ0) is 26.2. The van der Waals surface area contributed by atoms with Crippen molar-refractivity contribution < 1.29 is 20.4 Å². The van der Waals surface area contributed by atoms with Gasteiger partial charge in [-0.05, 0) is 23.7 Å². The zero-order valence-electron chi connectivity index (χ0n) is 24.2. The molecule has 4 aliphatic rings. The van der Waals surface area contributed by atoms with Crippen molar-refractivity contribution in [2.45, 2.75) is 85.5 Å². The molecule has 38 heavy (non-hydrogen) atoms. The minimum absolute atomic E-state index is 0. The van der Waals surface area contributed by atoms with E-state index in [1.54, 1.807) is 0 Å². The molecule has 0 spiro atoms. The van der Waals surface area contributed by atoms with Gasteiger partial charge in [0.2, 0.25) is 0 Å². The Morgan fingerprint density at radius 3 is 1.24 bits per heavy atom. The van der Waals surface area contributed by atoms with Crippen LogP contribution >= 0.6 is 24.8 Å². The van der Waals surface area contributed by atoms with Gasteiger partial charge >= 0.3 is 49.0 Å². The molecule has 205 valence electrons. The topological polar surface area (TPSA) is 6.48 Å². The summed E-state index contributed by atoms with van der Waals surface area (Å²) < 4.78 is 2.17. The molecule has 1 fully saturated rings. The first-order chi connectivity index (χ1) is 17.1. The summed E-state index contributed by atoms with van der Waals surface area (Å²) in [6.45, 7) is 19.6. The summed E-state index contributed by atoms with van der Waals surface area (Å²) in [5.74, 6) is 1.85. The Hall–Kier alpha value is -1.49. The van der Waals surface area contributed by atoms with Crippen molar-refractivity contribution in [3.05, 3.63) is 93.2 Å². The summed E-state index contributed by atoms with van der Waals surface area (Å²) in [6, 6.07) is 13.9. The van der Waals surface area contributed by atoms with Gasteiger partial charge in [-0.2, -0.15) is 10.0 Å². The van der Waals surface area contributed by atoms with E-state index < -0.39 is 0 Å². The zero-order valence-corrected chi connectivity index (χ0v) is 27.4. The fraction of sp³-hybridized carbons (Fsp3) is 0.438. The monoisotopic (exact) mass is 589 g/mol. The summed E-state index contributed by atoms with van der Waals surface area (Å²) in [7, 11) is 0. The Labute approximate surface area is 255 Å². The fourth-order valence-electron chi connectivity index (χ4n) is 5.67. The van der Waals surface area contributed by atoms with Crippen LogP contribution < -0.4 is 4.70 Å². The van der Waals surface area contributed by atoms with Crippen molar-refractivity contribution in [3.8, 4) is 0 Å². The SMILES string of the molecule is CC(C)c1cccc(C(C)C)c1[N+]1(c2c(C(C)C)cccc2C(C)C)N2C=CN1C2.Cl.Cl.[Ti][C]1=CC=CC1. The molecule has 0 radical (unpaired) electrons. The summed E-state index contributed by atoms with van der Waals surface area (Å²) in [5.41, 5.74) is 8.71. The Morgan fingerprint density at radius 1 is 0.658 bits per heavy atom. The molecule has 0 N–H and O–H groups in total. The van der Waals surface area contributed by atoms with E-state index in [4.69, 9.17) is 0 Å². The Kier molecular flexibility index (Phi) is 11.4. The van der Waals surface area contributed by atoms with Crippen LogP contribution in [0, 0.1) is 0 Å². The van der Waals surface area contributed by atoms with Gasteiger partial charge in [0.1, 0.15) is 0 Å². The van der Waals surface area contributed by atoms with Gasteiger partial charge in [-0.25, -0.2) is 0 Å². The van der Waals surface area contributed by atoms with E-state index in [1.165, 1.54) is 43.9 Å². The van der Waals surface area contributed by atoms with Crippen LogP contribution in [0.15, 0.2) is 70.9 Å². The van der Waals surface area contributed by atoms with E-state index in [1.807, 2.05) is 0 Å². The molecule has 0 saturated carbocycles. The van der Waals surface area contributed by atoms with Crippen LogP contribution in [0.2, 0.25) is 0 Å². The fourth-order valence-corrected chi connectivity index (χ4v) is 6.00. The van der Waals surface area contributed by atoms with E-state index in [0.717, 1.165) is 6.67 Å². The number of quaternary nitrogens is 1. The van der Waals surface area contributed by atoms with Gasteiger partial charge in [-0.3, -0.25) is 0 Å². The van der Waals surface area contributed by atoms with E-state index in [9.17, 15) is 0 Å². The third kappa shape index (κ3) is 5.69. The maximum atomic E-state index is 2.51. The van der Waals surface area contributed by atoms with Crippen LogP contribution in [0.25, 0.3) is 0 Å². The molecule has 3 heterocycles. The second-order valence-corrected chi connectivity index (χ2v) is 12.4. The summed E-state index contributed by atoms with van der Waals surface area (Å²) >= 11 is 2.14. The van der Waals surface area contributed by atoms with E-state index in [0.29, 0.717) is 28.4 Å². The molecule has 6 rings (SSSR count). The first-order valence-corrected chi connectivity index (χ1v) is 14.3. The van der Waals surface area contributed by atoms with Crippen LogP contribution in [0.5, 0.6) is 0 Å². The number of nitrogens with zero attached hydrogens (tertiary/aromatic N) is 3. The first-order valence-electron chi connectivity index (χ1n) is 13.6. The Bertz CT molecular complexity index is 1070. The molecule has 2 bridgehead atoms. The van der Waals surface area contributed by atoms with Crippen LogP contribution in [-0.2, 0) is 20.4 Å². The third-order valence-corrected chi connectivity index (χ3v) is 8.10. The Morgan fingerprint density at radius 2 is 1.03 bits per heavy atom. The van der Waals surface area contributed by atoms with Gasteiger partial charge in [0.25, 0.3) is 0 Å². The molecular weight excluding hydrogens is 545 g/mol. The number of rotatable bonds is 6. The summed E-state index contributed by atoms with van der Waals surface area (Å²) in [6.07, 6.45) is 12.1. The molecule has 3 aliphatic heterocycles. The molecule has 0 atom stereocenters. The third-order valence-electron chi connectivity index (χ3n) is 7.52. The van der Waals surface area contributed by atoms with Crippen molar-refractivity contribution >= 4 is 36.2 Å². The molecule has 1 saturated heterocycles. The number of halogens is 2. The van der Waals surface area contributed by atoms with Crippen LogP contribution in [-0.4, -0.2) is 16.7 Å². The number of para-hydroxylation sites is 2. The molecule has 1 aliphatic carbocycles. The standard InChI is InChI=1S/C27H38N3.C5H5.2ClH.Ti/c1-18(2)22-11-9-12-23(19(3)4)26(22)30(28-15-16-29(30)17-28)27-24(20(5)6)13-10-14-25(27)21(7)8;1-2-4-5-3-1;;;/h9-16,18-21H,17H2,1-8H3;1-3H,4H2;2*1H;/q+1;;;;. The first kappa shape index (κ1) is 32.7. The molecular formula is C32H45Cl2N3Ti+. The predicted molar refractivity (Wildman–Crippen MR) is 165 cm³/mol. The van der Waals surface area contributed by atoms with Gasteiger partial charge in [-0.15, -0.1) is 24.8 Å². The van der Waals surface area contributed by atoms with Gasteiger partial charge in [0.15, 0.2) is 18.0 Å².